The van der Waals surface area contributed by atoms with Crippen molar-refractivity contribution in [2.75, 3.05) is 30.5 Å². The maximum Gasteiger partial charge on any atom is 0.321 e. The molecule has 3 aromatic rings. The van der Waals surface area contributed by atoms with Crippen LogP contribution in [0.3, 0.4) is 0 Å². The average molecular weight is 490 g/mol. The van der Waals surface area contributed by atoms with Crippen molar-refractivity contribution in [2.45, 2.75) is 18.9 Å². The molecule has 6 rings (SSSR count). The Morgan fingerprint density at radius 3 is 2.56 bits per heavy atom. The van der Waals surface area contributed by atoms with Gasteiger partial charge in [0, 0.05) is 48.6 Å². The number of carbonyl (C=O) groups excluding carboxylic acids is 2. The van der Waals surface area contributed by atoms with E-state index in [0.29, 0.717) is 53.8 Å². The number of rotatable bonds is 3. The molecule has 1 aromatic heterocycles. The fraction of sp³-hybridized carbons (Fsp3) is 0.269. The molecule has 2 N–H and O–H groups in total. The topological polar surface area (TPSA) is 102 Å². The van der Waals surface area contributed by atoms with Gasteiger partial charge in [-0.05, 0) is 60.9 Å². The molecule has 1 saturated heterocycles. The van der Waals surface area contributed by atoms with Crippen LogP contribution in [0.15, 0.2) is 59.4 Å². The van der Waals surface area contributed by atoms with Crippen molar-refractivity contribution in [3.8, 4) is 11.5 Å². The molecule has 3 aliphatic rings. The van der Waals surface area contributed by atoms with Crippen LogP contribution in [-0.2, 0) is 6.54 Å². The maximum absolute atomic E-state index is 13.2. The standard InChI is InChI=1S/C26H23FN4O5/c27-18-2-4-19(5-3-18)28-26(34)30-11-15-9-17(13-30)24-20(6-8-23(32)31(24)12-15)29-25(33)16-1-7-21-22(10-16)36-14-35-21/h1-8,10,15,17H,9,11-14H2,(H,28,34)(H,29,33)/t15-,17+/m0/s1. The highest BCUT2D eigenvalue weighted by atomic mass is 19.1. The highest BCUT2D eigenvalue weighted by molar-refractivity contribution is 6.05. The number of pyridine rings is 1. The molecule has 3 aliphatic heterocycles. The number of likely N-dealkylation sites (tertiary alicyclic amines) is 1. The van der Waals surface area contributed by atoms with Crippen molar-refractivity contribution in [2.24, 2.45) is 5.92 Å². The first-order valence-electron chi connectivity index (χ1n) is 11.7. The van der Waals surface area contributed by atoms with Gasteiger partial charge in [0.1, 0.15) is 5.82 Å². The van der Waals surface area contributed by atoms with E-state index in [-0.39, 0.29) is 41.9 Å². The van der Waals surface area contributed by atoms with E-state index in [0.717, 1.165) is 6.42 Å². The van der Waals surface area contributed by atoms with E-state index in [1.807, 2.05) is 0 Å². The van der Waals surface area contributed by atoms with Crippen molar-refractivity contribution in [1.82, 2.24) is 9.47 Å². The van der Waals surface area contributed by atoms with Crippen molar-refractivity contribution in [3.05, 3.63) is 82.0 Å². The third kappa shape index (κ3) is 4.04. The first kappa shape index (κ1) is 22.1. The van der Waals surface area contributed by atoms with E-state index in [1.54, 1.807) is 33.7 Å². The number of urea groups is 1. The van der Waals surface area contributed by atoms with Gasteiger partial charge in [0.2, 0.25) is 6.79 Å². The summed E-state index contributed by atoms with van der Waals surface area (Å²) in [5.74, 6) is 0.357. The number of aromatic nitrogens is 1. The summed E-state index contributed by atoms with van der Waals surface area (Å²) in [6.07, 6.45) is 0.802. The molecule has 0 aliphatic carbocycles. The van der Waals surface area contributed by atoms with Crippen LogP contribution in [-0.4, -0.2) is 41.3 Å². The minimum absolute atomic E-state index is 0.104. The first-order valence-corrected chi connectivity index (χ1v) is 11.7. The Labute approximate surface area is 205 Å². The van der Waals surface area contributed by atoms with Crippen LogP contribution in [0.2, 0.25) is 0 Å². The minimum atomic E-state index is -0.377. The third-order valence-corrected chi connectivity index (χ3v) is 6.86. The molecule has 2 bridgehead atoms. The van der Waals surface area contributed by atoms with Gasteiger partial charge in [0.05, 0.1) is 5.69 Å². The van der Waals surface area contributed by atoms with Gasteiger partial charge in [-0.3, -0.25) is 9.59 Å². The van der Waals surface area contributed by atoms with E-state index < -0.39 is 0 Å². The molecule has 2 atom stereocenters. The highest BCUT2D eigenvalue weighted by Crippen LogP contribution is 2.39. The summed E-state index contributed by atoms with van der Waals surface area (Å²) in [6, 6.07) is 13.4. The number of halogens is 1. The molecule has 3 amide bonds. The number of anilines is 2. The lowest BCUT2D eigenvalue weighted by molar-refractivity contribution is 0.102. The zero-order chi connectivity index (χ0) is 24.8. The van der Waals surface area contributed by atoms with Crippen LogP contribution in [0.4, 0.5) is 20.6 Å². The molecule has 0 spiro atoms. The molecular weight excluding hydrogens is 467 g/mol. The monoisotopic (exact) mass is 490 g/mol. The summed E-state index contributed by atoms with van der Waals surface area (Å²) < 4.78 is 25.6. The van der Waals surface area contributed by atoms with Crippen molar-refractivity contribution >= 4 is 23.3 Å². The fourth-order valence-electron chi connectivity index (χ4n) is 5.25. The molecule has 10 heteroatoms. The van der Waals surface area contributed by atoms with Gasteiger partial charge in [0.25, 0.3) is 11.5 Å². The normalized spacial score (nSPS) is 19.4. The van der Waals surface area contributed by atoms with E-state index in [1.165, 1.54) is 30.3 Å². The number of hydrogen-bond acceptors (Lipinski definition) is 5. The van der Waals surface area contributed by atoms with E-state index >= 15 is 0 Å². The lowest BCUT2D eigenvalue weighted by Crippen LogP contribution is -2.50. The molecule has 9 nitrogen and oxygen atoms in total. The van der Waals surface area contributed by atoms with Gasteiger partial charge in [-0.15, -0.1) is 0 Å². The Balaban J connectivity index is 1.24. The molecule has 0 unspecified atom stereocenters. The van der Waals surface area contributed by atoms with E-state index in [4.69, 9.17) is 9.47 Å². The predicted octanol–water partition coefficient (Wildman–Crippen LogP) is 3.62. The van der Waals surface area contributed by atoms with Crippen LogP contribution >= 0.6 is 0 Å². The van der Waals surface area contributed by atoms with Crippen LogP contribution in [0.1, 0.15) is 28.4 Å². The number of benzene rings is 2. The van der Waals surface area contributed by atoms with Crippen LogP contribution in [0.25, 0.3) is 0 Å². The van der Waals surface area contributed by atoms with Gasteiger partial charge in [-0.2, -0.15) is 0 Å². The van der Waals surface area contributed by atoms with E-state index in [9.17, 15) is 18.8 Å². The summed E-state index contributed by atoms with van der Waals surface area (Å²) in [5.41, 5.74) is 2.03. The summed E-state index contributed by atoms with van der Waals surface area (Å²) in [6.45, 7) is 1.46. The van der Waals surface area contributed by atoms with Gasteiger partial charge < -0.3 is 29.6 Å². The zero-order valence-electron chi connectivity index (χ0n) is 19.2. The zero-order valence-corrected chi connectivity index (χ0v) is 19.2. The number of nitrogens with zero attached hydrogens (tertiary/aromatic N) is 2. The second-order valence-corrected chi connectivity index (χ2v) is 9.24. The molecule has 0 radical (unpaired) electrons. The summed E-state index contributed by atoms with van der Waals surface area (Å²) in [4.78, 5) is 40.5. The van der Waals surface area contributed by atoms with Gasteiger partial charge in [0.15, 0.2) is 11.5 Å². The number of ether oxygens (including phenoxy) is 2. The average Bonchev–Trinajstić information content (AvgIpc) is 3.35. The Bertz CT molecular complexity index is 1420. The SMILES string of the molecule is O=C(Nc1ccc(=O)n2c1[C@@H]1C[C@@H](CN(C(=O)Nc3ccc(F)cc3)C1)C2)c1ccc2c(c1)OCO2. The molecule has 4 heterocycles. The van der Waals surface area contributed by atoms with Crippen LogP contribution in [0.5, 0.6) is 11.5 Å². The second-order valence-electron chi connectivity index (χ2n) is 9.24. The highest BCUT2D eigenvalue weighted by Gasteiger charge is 2.38. The molecule has 2 aromatic carbocycles. The number of piperidine rings is 1. The predicted molar refractivity (Wildman–Crippen MR) is 129 cm³/mol. The smallest absolute Gasteiger partial charge is 0.321 e. The number of fused-ring (bicyclic) bond motifs is 5. The number of hydrogen-bond donors (Lipinski definition) is 2. The van der Waals surface area contributed by atoms with Crippen molar-refractivity contribution < 1.29 is 23.5 Å². The quantitative estimate of drug-likeness (QED) is 0.584. The second kappa shape index (κ2) is 8.71. The lowest BCUT2D eigenvalue weighted by Gasteiger charge is -2.43. The Hall–Kier alpha value is -4.34. The fourth-order valence-corrected chi connectivity index (χ4v) is 5.25. The van der Waals surface area contributed by atoms with Crippen molar-refractivity contribution in [3.63, 3.8) is 0 Å². The summed E-state index contributed by atoms with van der Waals surface area (Å²) in [7, 11) is 0. The van der Waals surface area contributed by atoms with Gasteiger partial charge >= 0.3 is 6.03 Å². The van der Waals surface area contributed by atoms with Gasteiger partial charge in [-0.1, -0.05) is 0 Å². The molecule has 0 saturated carbocycles. The largest absolute Gasteiger partial charge is 0.454 e. The number of amides is 3. The maximum atomic E-state index is 13.2. The molecule has 184 valence electrons. The van der Waals surface area contributed by atoms with Crippen LogP contribution < -0.4 is 25.7 Å². The Morgan fingerprint density at radius 1 is 0.917 bits per heavy atom. The summed E-state index contributed by atoms with van der Waals surface area (Å²) in [5, 5.41) is 5.76. The molecule has 1 fully saturated rings. The third-order valence-electron chi connectivity index (χ3n) is 6.86. The molecular formula is C26H23FN4O5. The van der Waals surface area contributed by atoms with Crippen molar-refractivity contribution in [1.29, 1.82) is 0 Å². The number of carbonyl (C=O) groups is 2. The first-order chi connectivity index (χ1) is 17.4. The molecule has 36 heavy (non-hydrogen) atoms. The summed E-state index contributed by atoms with van der Waals surface area (Å²) >= 11 is 0. The Morgan fingerprint density at radius 2 is 1.72 bits per heavy atom. The number of nitrogens with one attached hydrogen (secondary N) is 2. The van der Waals surface area contributed by atoms with Crippen LogP contribution in [0, 0.1) is 11.7 Å². The minimum Gasteiger partial charge on any atom is -0.454 e. The lowest BCUT2D eigenvalue weighted by atomic mass is 9.82. The Kier molecular flexibility index (Phi) is 5.36. The van der Waals surface area contributed by atoms with Gasteiger partial charge in [-0.25, -0.2) is 9.18 Å². The van der Waals surface area contributed by atoms with E-state index in [2.05, 4.69) is 10.6 Å².